The molecule has 112 valence electrons. The Morgan fingerprint density at radius 1 is 0.857 bits per heavy atom. The lowest BCUT2D eigenvalue weighted by Crippen LogP contribution is -2.05. The molecule has 2 rings (SSSR count). The molecule has 2 aromatic carbocycles. The van der Waals surface area contributed by atoms with Crippen LogP contribution in [0.15, 0.2) is 30.3 Å². The summed E-state index contributed by atoms with van der Waals surface area (Å²) in [6.07, 6.45) is -4.39. The molecule has 0 saturated heterocycles. The zero-order chi connectivity index (χ0) is 15.8. The van der Waals surface area contributed by atoms with Crippen molar-refractivity contribution in [3.63, 3.8) is 0 Å². The van der Waals surface area contributed by atoms with Crippen LogP contribution in [0.4, 0.5) is 13.2 Å². The third-order valence-corrected chi connectivity index (χ3v) is 4.52. The van der Waals surface area contributed by atoms with Gasteiger partial charge in [-0.25, -0.2) is 0 Å². The standard InChI is InChI=1S/C14H7BrCl3F3/c15-6-7-3-8(14(19,20)21)1-2-9(7)10-4-12(17)13(18)5-11(10)16/h1-5H,6H2. The van der Waals surface area contributed by atoms with Crippen molar-refractivity contribution < 1.29 is 13.2 Å². The third-order valence-electron chi connectivity index (χ3n) is 2.88. The van der Waals surface area contributed by atoms with E-state index in [1.807, 2.05) is 0 Å². The van der Waals surface area contributed by atoms with E-state index in [2.05, 4.69) is 15.9 Å². The number of hydrogen-bond donors (Lipinski definition) is 0. The van der Waals surface area contributed by atoms with Gasteiger partial charge in [-0.15, -0.1) is 0 Å². The molecule has 0 unspecified atom stereocenters. The van der Waals surface area contributed by atoms with Gasteiger partial charge in [0.25, 0.3) is 0 Å². The fraction of sp³-hybridized carbons (Fsp3) is 0.143. The molecule has 0 saturated carbocycles. The van der Waals surface area contributed by atoms with E-state index in [1.165, 1.54) is 12.1 Å². The topological polar surface area (TPSA) is 0 Å². The van der Waals surface area contributed by atoms with Gasteiger partial charge in [0.05, 0.1) is 15.6 Å². The van der Waals surface area contributed by atoms with Crippen LogP contribution in [0, 0.1) is 0 Å². The van der Waals surface area contributed by atoms with E-state index >= 15 is 0 Å². The Balaban J connectivity index is 2.62. The van der Waals surface area contributed by atoms with Crippen molar-refractivity contribution in [3.8, 4) is 11.1 Å². The van der Waals surface area contributed by atoms with Crippen LogP contribution in [-0.2, 0) is 11.5 Å². The molecule has 0 aromatic heterocycles. The maximum absolute atomic E-state index is 12.8. The van der Waals surface area contributed by atoms with Gasteiger partial charge in [-0.05, 0) is 35.4 Å². The SMILES string of the molecule is FC(F)(F)c1ccc(-c2cc(Cl)c(Cl)cc2Cl)c(CBr)c1. The molecule has 2 aromatic rings. The van der Waals surface area contributed by atoms with E-state index in [0.29, 0.717) is 21.7 Å². The zero-order valence-corrected chi connectivity index (χ0v) is 14.1. The van der Waals surface area contributed by atoms with Crippen LogP contribution >= 0.6 is 50.7 Å². The highest BCUT2D eigenvalue weighted by atomic mass is 79.9. The second-order valence-corrected chi connectivity index (χ2v) is 6.03. The third kappa shape index (κ3) is 3.67. The van der Waals surface area contributed by atoms with Gasteiger partial charge in [0.1, 0.15) is 0 Å². The minimum atomic E-state index is -4.39. The van der Waals surface area contributed by atoms with E-state index < -0.39 is 11.7 Å². The lowest BCUT2D eigenvalue weighted by Gasteiger charge is -2.14. The Morgan fingerprint density at radius 3 is 2.05 bits per heavy atom. The zero-order valence-electron chi connectivity index (χ0n) is 10.2. The molecule has 0 amide bonds. The Labute approximate surface area is 142 Å². The van der Waals surface area contributed by atoms with Crippen LogP contribution in [0.1, 0.15) is 11.1 Å². The number of rotatable bonds is 2. The molecule has 0 bridgehead atoms. The summed E-state index contributed by atoms with van der Waals surface area (Å²) in [4.78, 5) is 0. The highest BCUT2D eigenvalue weighted by Gasteiger charge is 2.31. The first-order chi connectivity index (χ1) is 9.74. The van der Waals surface area contributed by atoms with Gasteiger partial charge in [-0.1, -0.05) is 56.8 Å². The summed E-state index contributed by atoms with van der Waals surface area (Å²) in [5.41, 5.74) is 0.861. The van der Waals surface area contributed by atoms with Crippen LogP contribution in [-0.4, -0.2) is 0 Å². The summed E-state index contributed by atoms with van der Waals surface area (Å²) in [6, 6.07) is 6.49. The van der Waals surface area contributed by atoms with Crippen molar-refractivity contribution in [2.45, 2.75) is 11.5 Å². The van der Waals surface area contributed by atoms with Crippen LogP contribution in [0.5, 0.6) is 0 Å². The second-order valence-electron chi connectivity index (χ2n) is 4.25. The van der Waals surface area contributed by atoms with E-state index in [4.69, 9.17) is 34.8 Å². The number of halogens is 7. The Morgan fingerprint density at radius 2 is 1.48 bits per heavy atom. The summed E-state index contributed by atoms with van der Waals surface area (Å²) in [5.74, 6) is 0. The first kappa shape index (κ1) is 16.9. The van der Waals surface area contributed by atoms with Crippen molar-refractivity contribution in [2.24, 2.45) is 0 Å². The van der Waals surface area contributed by atoms with Crippen molar-refractivity contribution in [1.29, 1.82) is 0 Å². The van der Waals surface area contributed by atoms with Crippen LogP contribution < -0.4 is 0 Å². The predicted octanol–water partition coefficient (Wildman–Crippen LogP) is 7.23. The molecule has 0 N–H and O–H groups in total. The van der Waals surface area contributed by atoms with Gasteiger partial charge in [0, 0.05) is 15.9 Å². The molecule has 0 fully saturated rings. The van der Waals surface area contributed by atoms with Gasteiger partial charge in [-0.2, -0.15) is 13.2 Å². The van der Waals surface area contributed by atoms with Crippen molar-refractivity contribution >= 4 is 50.7 Å². The van der Waals surface area contributed by atoms with E-state index in [-0.39, 0.29) is 15.4 Å². The van der Waals surface area contributed by atoms with Crippen molar-refractivity contribution in [1.82, 2.24) is 0 Å². The minimum Gasteiger partial charge on any atom is -0.166 e. The quantitative estimate of drug-likeness (QED) is 0.357. The van der Waals surface area contributed by atoms with Gasteiger partial charge >= 0.3 is 6.18 Å². The second kappa shape index (κ2) is 6.37. The summed E-state index contributed by atoms with van der Waals surface area (Å²) < 4.78 is 38.3. The molecule has 0 heterocycles. The Kier molecular flexibility index (Phi) is 5.14. The normalized spacial score (nSPS) is 11.8. The van der Waals surface area contributed by atoms with Gasteiger partial charge < -0.3 is 0 Å². The first-order valence-electron chi connectivity index (χ1n) is 5.65. The predicted molar refractivity (Wildman–Crippen MR) is 84.5 cm³/mol. The molecule has 7 heteroatoms. The summed E-state index contributed by atoms with van der Waals surface area (Å²) in [5, 5.41) is 1.16. The Bertz CT molecular complexity index is 684. The Hall–Kier alpha value is -0.420. The molecule has 0 spiro atoms. The summed E-state index contributed by atoms with van der Waals surface area (Å²) >= 11 is 21.1. The fourth-order valence-electron chi connectivity index (χ4n) is 1.87. The average Bonchev–Trinajstić information content (AvgIpc) is 2.41. The van der Waals surface area contributed by atoms with E-state index in [0.717, 1.165) is 12.1 Å². The van der Waals surface area contributed by atoms with E-state index in [9.17, 15) is 13.2 Å². The molecular weight excluding hydrogens is 411 g/mol. The molecule has 0 aliphatic heterocycles. The average molecular weight is 418 g/mol. The van der Waals surface area contributed by atoms with Crippen molar-refractivity contribution in [2.75, 3.05) is 0 Å². The van der Waals surface area contributed by atoms with Crippen molar-refractivity contribution in [3.05, 3.63) is 56.5 Å². The molecule has 0 aliphatic rings. The molecule has 0 atom stereocenters. The van der Waals surface area contributed by atoms with Gasteiger partial charge in [0.2, 0.25) is 0 Å². The summed E-state index contributed by atoms with van der Waals surface area (Å²) in [7, 11) is 0. The molecule has 0 radical (unpaired) electrons. The van der Waals surface area contributed by atoms with Crippen LogP contribution in [0.3, 0.4) is 0 Å². The molecular formula is C14H7BrCl3F3. The first-order valence-corrected chi connectivity index (χ1v) is 7.90. The van der Waals surface area contributed by atoms with Gasteiger partial charge in [-0.3, -0.25) is 0 Å². The maximum Gasteiger partial charge on any atom is 0.416 e. The highest BCUT2D eigenvalue weighted by Crippen LogP contribution is 2.39. The molecule has 0 nitrogen and oxygen atoms in total. The van der Waals surface area contributed by atoms with Crippen LogP contribution in [0.25, 0.3) is 11.1 Å². The minimum absolute atomic E-state index is 0.253. The highest BCUT2D eigenvalue weighted by molar-refractivity contribution is 9.08. The summed E-state index contributed by atoms with van der Waals surface area (Å²) in [6.45, 7) is 0. The lowest BCUT2D eigenvalue weighted by atomic mass is 9.98. The smallest absolute Gasteiger partial charge is 0.166 e. The maximum atomic E-state index is 12.8. The largest absolute Gasteiger partial charge is 0.416 e. The fourth-order valence-corrected chi connectivity index (χ4v) is 2.98. The number of alkyl halides is 4. The van der Waals surface area contributed by atoms with E-state index in [1.54, 1.807) is 6.07 Å². The lowest BCUT2D eigenvalue weighted by molar-refractivity contribution is -0.137. The number of hydrogen-bond acceptors (Lipinski definition) is 0. The number of benzene rings is 2. The van der Waals surface area contributed by atoms with Gasteiger partial charge in [0.15, 0.2) is 0 Å². The van der Waals surface area contributed by atoms with Crippen LogP contribution in [0.2, 0.25) is 15.1 Å². The molecule has 21 heavy (non-hydrogen) atoms. The molecule has 0 aliphatic carbocycles. The monoisotopic (exact) mass is 416 g/mol.